The Morgan fingerprint density at radius 3 is 2.22 bits per heavy atom. The molecule has 59 heavy (non-hydrogen) atoms. The third kappa shape index (κ3) is 5.63. The third-order valence-corrected chi connectivity index (χ3v) is 13.8. The number of methoxy groups -OCH3 is 2. The second kappa shape index (κ2) is 14.5. The van der Waals surface area contributed by atoms with Gasteiger partial charge in [0.05, 0.1) is 65.5 Å². The van der Waals surface area contributed by atoms with Crippen LogP contribution >= 0.6 is 0 Å². The number of aldehydes is 1. The highest BCUT2D eigenvalue weighted by Gasteiger charge is 2.66. The van der Waals surface area contributed by atoms with E-state index < -0.39 is 10.8 Å². The summed E-state index contributed by atoms with van der Waals surface area (Å²) in [4.78, 5) is 58.3. The van der Waals surface area contributed by atoms with Crippen LogP contribution in [-0.2, 0) is 42.7 Å². The van der Waals surface area contributed by atoms with Gasteiger partial charge < -0.3 is 24.3 Å². The molecule has 6 heterocycles. The topological polar surface area (TPSA) is 154 Å². The predicted octanol–water partition coefficient (Wildman–Crippen LogP) is 8.69. The van der Waals surface area contributed by atoms with Crippen LogP contribution in [0.1, 0.15) is 120 Å². The summed E-state index contributed by atoms with van der Waals surface area (Å²) in [6.07, 6.45) is 5.45. The van der Waals surface area contributed by atoms with Crippen molar-refractivity contribution in [2.24, 2.45) is 0 Å². The van der Waals surface area contributed by atoms with Crippen molar-refractivity contribution in [3.05, 3.63) is 104 Å². The number of carbonyl (C=O) groups is 3. The first-order valence-electron chi connectivity index (χ1n) is 20.4. The van der Waals surface area contributed by atoms with Gasteiger partial charge in [-0.05, 0) is 128 Å². The largest absolute Gasteiger partial charge is 0.469 e. The standard InChI is InChI=1S/C48H50N6O5/c1-10-30-25(3)36-22-41-48(11-2)34-18-28(24-55)12-15-40(34)54(7)46-29(23-49)19-33(45(53-41)47(46,48)6)44-27(5)32(14-17-43(57)59-9)39(52-44)21-38-31(13-16-42(56)58-8)26(4)35(50-38)20-37(30)51-36/h12,15,18-22,24,46,50-51H,10-11,13-14,16-17H2,1-9H3/t46?,47-,48-/m1/s1. The van der Waals surface area contributed by atoms with E-state index >= 15 is 0 Å². The number of nitrogens with one attached hydrogen (secondary N) is 2. The number of benzene rings is 1. The Hall–Kier alpha value is -6.28. The number of hydrogen-bond donors (Lipinski definition) is 2. The minimum Gasteiger partial charge on any atom is -0.469 e. The number of nitrogens with zero attached hydrogens (tertiary/aromatic N) is 4. The van der Waals surface area contributed by atoms with Crippen LogP contribution in [0.3, 0.4) is 0 Å². The highest BCUT2D eigenvalue weighted by molar-refractivity contribution is 5.97. The Labute approximate surface area is 344 Å². The van der Waals surface area contributed by atoms with Crippen LogP contribution in [0.2, 0.25) is 0 Å². The van der Waals surface area contributed by atoms with Crippen molar-refractivity contribution in [1.82, 2.24) is 19.9 Å². The molecule has 3 atom stereocenters. The molecule has 11 heteroatoms. The number of anilines is 1. The quantitative estimate of drug-likeness (QED) is 0.125. The fourth-order valence-corrected chi connectivity index (χ4v) is 10.8. The van der Waals surface area contributed by atoms with Gasteiger partial charge in [-0.3, -0.25) is 19.4 Å². The molecule has 0 amide bonds. The van der Waals surface area contributed by atoms with Crippen molar-refractivity contribution < 1.29 is 23.9 Å². The maximum atomic E-state index is 12.6. The minimum absolute atomic E-state index is 0.150. The normalized spacial score (nSPS) is 20.2. The number of H-pyrrole nitrogens is 2. The number of carbonyl (C=O) groups excluding carboxylic acids is 3. The first-order valence-corrected chi connectivity index (χ1v) is 20.4. The zero-order valence-electron chi connectivity index (χ0n) is 35.3. The molecular formula is C48H50N6O5. The van der Waals surface area contributed by atoms with E-state index in [2.05, 4.69) is 67.7 Å². The van der Waals surface area contributed by atoms with Crippen LogP contribution in [0.25, 0.3) is 39.3 Å². The SMILES string of the molecule is CCc1c(C)c2cc3nc4c(c5nc(cc6[nH]c(cc1[nH]2)c(C)c6CCC(=O)OC)C(CCC(=O)OC)=C5C)C=C(C#N)C1N(C)c2ccc(C=O)cc2[C@@]3(CC)[C@]41C. The summed E-state index contributed by atoms with van der Waals surface area (Å²) in [7, 11) is 4.81. The molecule has 1 aliphatic carbocycles. The van der Waals surface area contributed by atoms with Gasteiger partial charge in [0.25, 0.3) is 0 Å². The van der Waals surface area contributed by atoms with Crippen molar-refractivity contribution in [1.29, 1.82) is 5.26 Å². The summed E-state index contributed by atoms with van der Waals surface area (Å²) >= 11 is 0. The minimum atomic E-state index is -0.781. The van der Waals surface area contributed by atoms with Crippen LogP contribution < -0.4 is 4.90 Å². The monoisotopic (exact) mass is 790 g/mol. The number of nitriles is 1. The van der Waals surface area contributed by atoms with E-state index in [0.717, 1.165) is 90.8 Å². The molecular weight excluding hydrogens is 741 g/mol. The summed E-state index contributed by atoms with van der Waals surface area (Å²) in [5.41, 5.74) is 15.0. The molecule has 1 aromatic carbocycles. The Morgan fingerprint density at radius 1 is 0.915 bits per heavy atom. The van der Waals surface area contributed by atoms with Crippen molar-refractivity contribution in [2.75, 3.05) is 26.2 Å². The summed E-state index contributed by atoms with van der Waals surface area (Å²) in [6.45, 7) is 12.8. The maximum absolute atomic E-state index is 12.6. The average molecular weight is 791 g/mol. The Kier molecular flexibility index (Phi) is 9.73. The number of ether oxygens (including phenoxy) is 2. The predicted molar refractivity (Wildman–Crippen MR) is 230 cm³/mol. The lowest BCUT2D eigenvalue weighted by Gasteiger charge is -2.57. The van der Waals surface area contributed by atoms with Crippen LogP contribution in [0, 0.1) is 25.2 Å². The zero-order valence-corrected chi connectivity index (χ0v) is 35.3. The molecule has 0 spiro atoms. The van der Waals surface area contributed by atoms with Crippen molar-refractivity contribution in [3.8, 4) is 6.07 Å². The molecule has 0 fully saturated rings. The number of hydrogen-bond acceptors (Lipinski definition) is 9. The van der Waals surface area contributed by atoms with Gasteiger partial charge in [-0.1, -0.05) is 20.8 Å². The van der Waals surface area contributed by atoms with Gasteiger partial charge in [-0.15, -0.1) is 0 Å². The number of likely N-dealkylation sites (N-methyl/N-ethyl adjacent to an activating group) is 1. The number of allylic oxidation sites excluding steroid dienone is 2. The lowest BCUT2D eigenvalue weighted by Crippen LogP contribution is -2.63. The van der Waals surface area contributed by atoms with Crippen LogP contribution in [0.5, 0.6) is 0 Å². The Balaban J connectivity index is 1.59. The molecule has 4 aromatic rings. The number of aryl methyl sites for hydroxylation is 4. The number of esters is 2. The van der Waals surface area contributed by atoms with Crippen molar-refractivity contribution in [3.63, 3.8) is 0 Å². The van der Waals surface area contributed by atoms with E-state index in [1.807, 2.05) is 44.3 Å². The van der Waals surface area contributed by atoms with Gasteiger partial charge in [0.15, 0.2) is 0 Å². The summed E-state index contributed by atoms with van der Waals surface area (Å²) in [6, 6.07) is 14.4. The highest BCUT2D eigenvalue weighted by Crippen LogP contribution is 2.64. The van der Waals surface area contributed by atoms with Gasteiger partial charge >= 0.3 is 11.9 Å². The summed E-state index contributed by atoms with van der Waals surface area (Å²) < 4.78 is 10.1. The smallest absolute Gasteiger partial charge is 0.305 e. The molecule has 0 saturated heterocycles. The van der Waals surface area contributed by atoms with E-state index in [9.17, 15) is 19.6 Å². The zero-order chi connectivity index (χ0) is 42.1. The summed E-state index contributed by atoms with van der Waals surface area (Å²) in [5, 5.41) is 11.1. The van der Waals surface area contributed by atoms with Gasteiger partial charge in [-0.2, -0.15) is 5.26 Å². The lowest BCUT2D eigenvalue weighted by atomic mass is 9.50. The molecule has 2 N–H and O–H groups in total. The maximum Gasteiger partial charge on any atom is 0.305 e. The molecule has 3 aliphatic heterocycles. The van der Waals surface area contributed by atoms with Gasteiger partial charge in [-0.25, -0.2) is 4.98 Å². The third-order valence-electron chi connectivity index (χ3n) is 13.8. The molecule has 8 rings (SSSR count). The van der Waals surface area contributed by atoms with E-state index in [-0.39, 0.29) is 30.8 Å². The second-order valence-electron chi connectivity index (χ2n) is 16.3. The molecule has 0 radical (unpaired) electrons. The number of rotatable bonds is 9. The van der Waals surface area contributed by atoms with E-state index in [0.29, 0.717) is 41.8 Å². The van der Waals surface area contributed by atoms with Crippen LogP contribution in [0.4, 0.5) is 5.69 Å². The van der Waals surface area contributed by atoms with E-state index in [4.69, 9.17) is 19.4 Å². The van der Waals surface area contributed by atoms with Crippen LogP contribution in [-0.4, -0.2) is 65.5 Å². The Morgan fingerprint density at radius 2 is 1.58 bits per heavy atom. The van der Waals surface area contributed by atoms with Gasteiger partial charge in [0.1, 0.15) is 6.29 Å². The number of aromatic nitrogens is 4. The highest BCUT2D eigenvalue weighted by atomic mass is 16.5. The van der Waals surface area contributed by atoms with Gasteiger partial charge in [0, 0.05) is 58.8 Å². The van der Waals surface area contributed by atoms with Gasteiger partial charge in [0.2, 0.25) is 0 Å². The molecule has 1 unspecified atom stereocenters. The first kappa shape index (κ1) is 39.5. The van der Waals surface area contributed by atoms with Crippen molar-refractivity contribution >= 4 is 63.2 Å². The molecule has 11 nitrogen and oxygen atoms in total. The lowest BCUT2D eigenvalue weighted by molar-refractivity contribution is -0.141. The first-order chi connectivity index (χ1) is 28.3. The Bertz CT molecular complexity index is 2780. The van der Waals surface area contributed by atoms with E-state index in [1.165, 1.54) is 19.8 Å². The van der Waals surface area contributed by atoms with Crippen molar-refractivity contribution in [2.45, 2.75) is 96.9 Å². The molecule has 4 aliphatic rings. The fourth-order valence-electron chi connectivity index (χ4n) is 10.8. The second-order valence-corrected chi connectivity index (χ2v) is 16.3. The molecule has 8 bridgehead atoms. The average Bonchev–Trinajstić information content (AvgIpc) is 3.90. The molecule has 302 valence electrons. The number of aromatic amines is 2. The fraction of sp³-hybridized carbons (Fsp3) is 0.375. The summed E-state index contributed by atoms with van der Waals surface area (Å²) in [5.74, 6) is -0.628. The van der Waals surface area contributed by atoms with E-state index in [1.54, 1.807) is 0 Å². The molecule has 3 aromatic heterocycles. The van der Waals surface area contributed by atoms with Crippen LogP contribution in [0.15, 0.2) is 42.0 Å². The molecule has 0 saturated carbocycles. The number of fused-ring (bicyclic) bond motifs is 11.